The van der Waals surface area contributed by atoms with Crippen LogP contribution in [0.25, 0.3) is 11.0 Å². The monoisotopic (exact) mass is 470 g/mol. The Morgan fingerprint density at radius 3 is 2.66 bits per heavy atom. The van der Waals surface area contributed by atoms with E-state index in [2.05, 4.69) is 15.4 Å². The van der Waals surface area contributed by atoms with Crippen LogP contribution in [0, 0.1) is 6.92 Å². The van der Waals surface area contributed by atoms with Gasteiger partial charge in [-0.15, -0.1) is 11.3 Å². The summed E-state index contributed by atoms with van der Waals surface area (Å²) in [5, 5.41) is 6.97. The number of methoxy groups -OCH3 is 1. The minimum absolute atomic E-state index is 0.0671. The number of carbonyl (C=O) groups is 2. The lowest BCUT2D eigenvalue weighted by atomic mass is 10.1. The summed E-state index contributed by atoms with van der Waals surface area (Å²) in [6, 6.07) is 0.659. The van der Waals surface area contributed by atoms with E-state index in [0.717, 1.165) is 28.0 Å². The summed E-state index contributed by atoms with van der Waals surface area (Å²) in [7, 11) is 1.25. The molecule has 12 heteroatoms. The number of nitrogens with one attached hydrogen (secondary N) is 1. The number of ether oxygens (including phenoxy) is 1. The largest absolute Gasteiger partial charge is 0.465 e. The van der Waals surface area contributed by atoms with Gasteiger partial charge in [-0.2, -0.15) is 5.10 Å². The Morgan fingerprint density at radius 2 is 2.00 bits per heavy atom. The Kier molecular flexibility index (Phi) is 5.89. The third kappa shape index (κ3) is 3.83. The second-order valence-electron chi connectivity index (χ2n) is 7.28. The van der Waals surface area contributed by atoms with Crippen molar-refractivity contribution in [3.8, 4) is 0 Å². The molecule has 0 aromatic carbocycles. The first-order chi connectivity index (χ1) is 15.2. The Bertz CT molecular complexity index is 1220. The van der Waals surface area contributed by atoms with E-state index < -0.39 is 42.5 Å². The van der Waals surface area contributed by atoms with Gasteiger partial charge in [-0.25, -0.2) is 32.0 Å². The highest BCUT2D eigenvalue weighted by atomic mass is 32.1. The first kappa shape index (κ1) is 22.2. The first-order valence-corrected chi connectivity index (χ1v) is 10.5. The summed E-state index contributed by atoms with van der Waals surface area (Å²) in [5.74, 6) is -1.17. The van der Waals surface area contributed by atoms with Crippen LogP contribution in [0.5, 0.6) is 0 Å². The van der Waals surface area contributed by atoms with E-state index in [-0.39, 0.29) is 16.7 Å². The summed E-state index contributed by atoms with van der Waals surface area (Å²) >= 11 is 1.28. The van der Waals surface area contributed by atoms with Gasteiger partial charge in [0, 0.05) is 10.4 Å². The molecular formula is C20H18F4N4O3S. The van der Waals surface area contributed by atoms with E-state index in [0.29, 0.717) is 23.1 Å². The van der Waals surface area contributed by atoms with Crippen LogP contribution >= 0.6 is 11.3 Å². The van der Waals surface area contributed by atoms with Crippen molar-refractivity contribution in [3.63, 3.8) is 0 Å². The van der Waals surface area contributed by atoms with Crippen LogP contribution in [0.2, 0.25) is 0 Å². The second kappa shape index (κ2) is 8.49. The smallest absolute Gasteiger partial charge is 0.341 e. The van der Waals surface area contributed by atoms with Gasteiger partial charge in [0.05, 0.1) is 23.8 Å². The van der Waals surface area contributed by atoms with Crippen molar-refractivity contribution in [3.05, 3.63) is 39.0 Å². The van der Waals surface area contributed by atoms with Gasteiger partial charge in [-0.05, 0) is 37.8 Å². The van der Waals surface area contributed by atoms with E-state index in [9.17, 15) is 27.2 Å². The van der Waals surface area contributed by atoms with Crippen LogP contribution < -0.4 is 5.32 Å². The number of rotatable bonds is 6. The van der Waals surface area contributed by atoms with Crippen LogP contribution in [0.1, 0.15) is 57.0 Å². The number of pyridine rings is 1. The molecule has 0 saturated heterocycles. The quantitative estimate of drug-likeness (QED) is 0.421. The fraction of sp³-hybridized carbons (Fsp3) is 0.400. The van der Waals surface area contributed by atoms with Crippen molar-refractivity contribution in [1.82, 2.24) is 14.8 Å². The highest BCUT2D eigenvalue weighted by Crippen LogP contribution is 2.39. The molecule has 0 aliphatic heterocycles. The van der Waals surface area contributed by atoms with Crippen molar-refractivity contribution in [2.45, 2.75) is 45.6 Å². The molecule has 1 N–H and O–H groups in total. The molecule has 3 heterocycles. The van der Waals surface area contributed by atoms with Crippen molar-refractivity contribution in [2.24, 2.45) is 0 Å². The molecule has 0 bridgehead atoms. The maximum absolute atomic E-state index is 13.5. The van der Waals surface area contributed by atoms with Crippen molar-refractivity contribution in [1.29, 1.82) is 0 Å². The molecule has 0 fully saturated rings. The lowest BCUT2D eigenvalue weighted by Gasteiger charge is -2.09. The van der Waals surface area contributed by atoms with Crippen LogP contribution in [0.15, 0.2) is 6.07 Å². The zero-order valence-electron chi connectivity index (χ0n) is 17.0. The van der Waals surface area contributed by atoms with Crippen LogP contribution in [0.3, 0.4) is 0 Å². The number of alkyl halides is 4. The van der Waals surface area contributed by atoms with E-state index in [1.54, 1.807) is 0 Å². The standard InChI is InChI=1S/C20H18F4N4O3S/c1-8-14-10(16(21)22)6-11(17(23)24)25-18(14)28(27-8)7-13(29)26-19-15(20(30)31-2)9-4-3-5-12(9)32-19/h6,16-17H,3-5,7H2,1-2H3,(H,26,29). The molecule has 7 nitrogen and oxygen atoms in total. The predicted molar refractivity (Wildman–Crippen MR) is 108 cm³/mol. The molecule has 1 aliphatic carbocycles. The van der Waals surface area contributed by atoms with Gasteiger partial charge in [0.1, 0.15) is 17.2 Å². The number of carbonyl (C=O) groups excluding carboxylic acids is 2. The third-order valence-corrected chi connectivity index (χ3v) is 6.45. The molecule has 3 aromatic heterocycles. The SMILES string of the molecule is COC(=O)c1c(NC(=O)Cn2nc(C)c3c(C(F)F)cc(C(F)F)nc32)sc2c1CCC2. The Morgan fingerprint density at radius 1 is 1.25 bits per heavy atom. The molecule has 0 unspecified atom stereocenters. The summed E-state index contributed by atoms with van der Waals surface area (Å²) in [5.41, 5.74) is -0.371. The van der Waals surface area contributed by atoms with Crippen molar-refractivity contribution < 1.29 is 31.9 Å². The number of aromatic nitrogens is 3. The summed E-state index contributed by atoms with van der Waals surface area (Å²) in [4.78, 5) is 29.7. The number of halogens is 4. The van der Waals surface area contributed by atoms with Crippen LogP contribution in [-0.2, 0) is 28.9 Å². The van der Waals surface area contributed by atoms with Gasteiger partial charge < -0.3 is 10.1 Å². The number of hydrogen-bond acceptors (Lipinski definition) is 6. The van der Waals surface area contributed by atoms with E-state index in [1.807, 2.05) is 0 Å². The fourth-order valence-corrected chi connectivity index (χ4v) is 5.21. The van der Waals surface area contributed by atoms with Gasteiger partial charge in [-0.3, -0.25) is 4.79 Å². The number of nitrogens with zero attached hydrogens (tertiary/aromatic N) is 3. The lowest BCUT2D eigenvalue weighted by molar-refractivity contribution is -0.116. The van der Waals surface area contributed by atoms with Gasteiger partial charge in [0.2, 0.25) is 5.91 Å². The topological polar surface area (TPSA) is 86.1 Å². The average molecular weight is 470 g/mol. The van der Waals surface area contributed by atoms with E-state index in [4.69, 9.17) is 4.74 Å². The normalized spacial score (nSPS) is 13.2. The first-order valence-electron chi connectivity index (χ1n) is 9.68. The molecule has 3 aromatic rings. The van der Waals surface area contributed by atoms with Crippen molar-refractivity contribution >= 4 is 39.2 Å². The molecule has 1 aliphatic rings. The van der Waals surface area contributed by atoms with Gasteiger partial charge in [-0.1, -0.05) is 0 Å². The summed E-state index contributed by atoms with van der Waals surface area (Å²) < 4.78 is 59.2. The fourth-order valence-electron chi connectivity index (χ4n) is 3.91. The van der Waals surface area contributed by atoms with Crippen molar-refractivity contribution in [2.75, 3.05) is 12.4 Å². The Balaban J connectivity index is 1.68. The average Bonchev–Trinajstić information content (AvgIpc) is 3.40. The molecule has 1 amide bonds. The molecule has 170 valence electrons. The highest BCUT2D eigenvalue weighted by Gasteiger charge is 2.29. The molecule has 0 radical (unpaired) electrons. The second-order valence-corrected chi connectivity index (χ2v) is 8.39. The number of aryl methyl sites for hydroxylation is 2. The molecule has 0 atom stereocenters. The zero-order valence-corrected chi connectivity index (χ0v) is 17.9. The molecule has 0 saturated carbocycles. The molecule has 4 rings (SSSR count). The zero-order chi connectivity index (χ0) is 23.2. The van der Waals surface area contributed by atoms with Crippen LogP contribution in [-0.4, -0.2) is 33.8 Å². The minimum Gasteiger partial charge on any atom is -0.465 e. The lowest BCUT2D eigenvalue weighted by Crippen LogP contribution is -2.21. The number of amides is 1. The minimum atomic E-state index is -3.06. The Labute approximate surface area is 183 Å². The van der Waals surface area contributed by atoms with E-state index >= 15 is 0 Å². The van der Waals surface area contributed by atoms with Crippen LogP contribution in [0.4, 0.5) is 22.6 Å². The summed E-state index contributed by atoms with van der Waals surface area (Å²) in [6.07, 6.45) is -3.68. The number of esters is 1. The highest BCUT2D eigenvalue weighted by molar-refractivity contribution is 7.17. The summed E-state index contributed by atoms with van der Waals surface area (Å²) in [6.45, 7) is 0.974. The molecule has 32 heavy (non-hydrogen) atoms. The van der Waals surface area contributed by atoms with Gasteiger partial charge in [0.15, 0.2) is 5.65 Å². The number of fused-ring (bicyclic) bond motifs is 2. The molecule has 0 spiro atoms. The van der Waals surface area contributed by atoms with Gasteiger partial charge >= 0.3 is 5.97 Å². The van der Waals surface area contributed by atoms with E-state index in [1.165, 1.54) is 25.4 Å². The maximum Gasteiger partial charge on any atom is 0.341 e. The maximum atomic E-state index is 13.5. The Hall–Kier alpha value is -3.02. The van der Waals surface area contributed by atoms with Gasteiger partial charge in [0.25, 0.3) is 12.9 Å². The molecular weight excluding hydrogens is 452 g/mol. The number of hydrogen-bond donors (Lipinski definition) is 1. The predicted octanol–water partition coefficient (Wildman–Crippen LogP) is 4.59. The third-order valence-electron chi connectivity index (χ3n) is 5.24. The number of thiophene rings is 1. The number of anilines is 1.